The second-order valence-corrected chi connectivity index (χ2v) is 6.89. The van der Waals surface area contributed by atoms with Crippen LogP contribution in [0.4, 0.5) is 0 Å². The molecule has 1 N–H and O–H groups in total. The van der Waals surface area contributed by atoms with Gasteiger partial charge in [-0.1, -0.05) is 18.2 Å². The molecule has 1 aromatic carbocycles. The fourth-order valence-electron chi connectivity index (χ4n) is 3.44. The van der Waals surface area contributed by atoms with Crippen LogP contribution in [0.5, 0.6) is 0 Å². The van der Waals surface area contributed by atoms with Gasteiger partial charge in [0.05, 0.1) is 18.7 Å². The van der Waals surface area contributed by atoms with Gasteiger partial charge in [-0.05, 0) is 25.5 Å². The molecule has 0 aliphatic carbocycles. The first-order chi connectivity index (χ1) is 12.6. The molecule has 1 fully saturated rings. The topological polar surface area (TPSA) is 63.6 Å². The summed E-state index contributed by atoms with van der Waals surface area (Å²) in [6.07, 6.45) is 0.294. The summed E-state index contributed by atoms with van der Waals surface area (Å²) in [5.41, 5.74) is 1.79. The van der Waals surface area contributed by atoms with E-state index in [0.29, 0.717) is 19.5 Å². The van der Waals surface area contributed by atoms with Crippen molar-refractivity contribution in [2.45, 2.75) is 32.9 Å². The van der Waals surface area contributed by atoms with E-state index in [4.69, 9.17) is 4.74 Å². The highest BCUT2D eigenvalue weighted by atomic mass is 16.5. The van der Waals surface area contributed by atoms with E-state index in [1.807, 2.05) is 31.2 Å². The predicted molar refractivity (Wildman–Crippen MR) is 102 cm³/mol. The summed E-state index contributed by atoms with van der Waals surface area (Å²) in [4.78, 5) is 26.9. The molecule has 0 spiro atoms. The van der Waals surface area contributed by atoms with Crippen molar-refractivity contribution >= 4 is 16.8 Å². The number of nitrogens with one attached hydrogen (secondary N) is 1. The van der Waals surface area contributed by atoms with Crippen LogP contribution in [-0.2, 0) is 16.1 Å². The summed E-state index contributed by atoms with van der Waals surface area (Å²) in [6, 6.07) is 9.74. The third-order valence-corrected chi connectivity index (χ3v) is 5.05. The van der Waals surface area contributed by atoms with Gasteiger partial charge >= 0.3 is 0 Å². The van der Waals surface area contributed by atoms with E-state index in [2.05, 4.69) is 17.1 Å². The van der Waals surface area contributed by atoms with Crippen LogP contribution >= 0.6 is 0 Å². The molecule has 0 radical (unpaired) electrons. The Morgan fingerprint density at radius 1 is 1.27 bits per heavy atom. The zero-order chi connectivity index (χ0) is 18.5. The number of hydrogen-bond acceptors (Lipinski definition) is 4. The number of hydrogen-bond donors (Lipinski definition) is 1. The normalized spacial score (nSPS) is 16.5. The Labute approximate surface area is 153 Å². The van der Waals surface area contributed by atoms with Crippen LogP contribution < -0.4 is 10.9 Å². The fourth-order valence-corrected chi connectivity index (χ4v) is 3.44. The fraction of sp³-hybridized carbons (Fsp3) is 0.500. The molecule has 1 atom stereocenters. The average molecular weight is 357 g/mol. The molecule has 140 valence electrons. The number of aryl methyl sites for hydroxylation is 2. The number of pyridine rings is 1. The summed E-state index contributed by atoms with van der Waals surface area (Å²) in [7, 11) is 0. The summed E-state index contributed by atoms with van der Waals surface area (Å²) in [5.74, 6) is -0.0262. The molecule has 6 nitrogen and oxygen atoms in total. The van der Waals surface area contributed by atoms with Crippen LogP contribution in [0.25, 0.3) is 10.9 Å². The molecule has 0 unspecified atom stereocenters. The highest BCUT2D eigenvalue weighted by molar-refractivity contribution is 5.82. The average Bonchev–Trinajstić information content (AvgIpc) is 2.66. The quantitative estimate of drug-likeness (QED) is 0.852. The van der Waals surface area contributed by atoms with Gasteiger partial charge in [0.1, 0.15) is 0 Å². The van der Waals surface area contributed by atoms with Gasteiger partial charge in [-0.3, -0.25) is 14.5 Å². The monoisotopic (exact) mass is 357 g/mol. The number of carbonyl (C=O) groups is 1. The van der Waals surface area contributed by atoms with E-state index in [0.717, 1.165) is 42.8 Å². The molecule has 2 aromatic rings. The first kappa shape index (κ1) is 18.6. The number of carbonyl (C=O) groups excluding carboxylic acids is 1. The van der Waals surface area contributed by atoms with Crippen molar-refractivity contribution < 1.29 is 9.53 Å². The summed E-state index contributed by atoms with van der Waals surface area (Å²) >= 11 is 0. The molecule has 1 amide bonds. The van der Waals surface area contributed by atoms with Gasteiger partial charge in [-0.25, -0.2) is 0 Å². The lowest BCUT2D eigenvalue weighted by molar-refractivity contribution is -0.121. The van der Waals surface area contributed by atoms with Gasteiger partial charge in [-0.2, -0.15) is 0 Å². The minimum atomic E-state index is -0.0596. The molecule has 3 rings (SSSR count). The third kappa shape index (κ3) is 4.31. The number of fused-ring (bicyclic) bond motifs is 1. The van der Waals surface area contributed by atoms with E-state index < -0.39 is 0 Å². The van der Waals surface area contributed by atoms with Gasteiger partial charge in [0.25, 0.3) is 5.56 Å². The van der Waals surface area contributed by atoms with Gasteiger partial charge in [0, 0.05) is 50.1 Å². The van der Waals surface area contributed by atoms with E-state index in [1.165, 1.54) is 0 Å². The maximum Gasteiger partial charge on any atom is 0.251 e. The minimum absolute atomic E-state index is 0.0262. The molecule has 1 saturated heterocycles. The largest absolute Gasteiger partial charge is 0.379 e. The van der Waals surface area contributed by atoms with E-state index in [1.54, 1.807) is 10.6 Å². The first-order valence-corrected chi connectivity index (χ1v) is 9.24. The summed E-state index contributed by atoms with van der Waals surface area (Å²) < 4.78 is 7.04. The van der Waals surface area contributed by atoms with Crippen LogP contribution in [-0.4, -0.2) is 54.3 Å². The molecule has 2 heterocycles. The van der Waals surface area contributed by atoms with Crippen molar-refractivity contribution in [2.24, 2.45) is 0 Å². The lowest BCUT2D eigenvalue weighted by Crippen LogP contribution is -2.47. The Kier molecular flexibility index (Phi) is 6.06. The Hall–Kier alpha value is -2.18. The lowest BCUT2D eigenvalue weighted by atomic mass is 10.1. The Morgan fingerprint density at radius 2 is 2.00 bits per heavy atom. The second kappa shape index (κ2) is 8.47. The molecule has 0 saturated carbocycles. The maximum atomic E-state index is 12.4. The minimum Gasteiger partial charge on any atom is -0.379 e. The van der Waals surface area contributed by atoms with Crippen LogP contribution in [0.3, 0.4) is 0 Å². The number of rotatable bonds is 6. The first-order valence-electron chi connectivity index (χ1n) is 9.24. The number of para-hydroxylation sites is 1. The third-order valence-electron chi connectivity index (χ3n) is 5.05. The number of aromatic nitrogens is 1. The van der Waals surface area contributed by atoms with Crippen molar-refractivity contribution in [1.82, 2.24) is 14.8 Å². The van der Waals surface area contributed by atoms with Crippen molar-refractivity contribution in [3.05, 3.63) is 46.2 Å². The Morgan fingerprint density at radius 3 is 2.77 bits per heavy atom. The molecule has 26 heavy (non-hydrogen) atoms. The van der Waals surface area contributed by atoms with E-state index in [9.17, 15) is 9.59 Å². The highest BCUT2D eigenvalue weighted by Gasteiger charge is 2.17. The van der Waals surface area contributed by atoms with Gasteiger partial charge in [0.2, 0.25) is 5.91 Å². The Balaban J connectivity index is 1.58. The zero-order valence-corrected chi connectivity index (χ0v) is 15.5. The summed E-state index contributed by atoms with van der Waals surface area (Å²) in [5, 5.41) is 4.04. The van der Waals surface area contributed by atoms with Crippen molar-refractivity contribution in [3.63, 3.8) is 0 Å². The number of morpholine rings is 1. The van der Waals surface area contributed by atoms with Crippen molar-refractivity contribution in [1.29, 1.82) is 0 Å². The van der Waals surface area contributed by atoms with Gasteiger partial charge < -0.3 is 14.6 Å². The number of nitrogens with zero attached hydrogens (tertiary/aromatic N) is 2. The summed E-state index contributed by atoms with van der Waals surface area (Å²) in [6.45, 7) is 8.37. The van der Waals surface area contributed by atoms with Crippen LogP contribution in [0, 0.1) is 6.92 Å². The molecular formula is C20H27N3O3. The van der Waals surface area contributed by atoms with Crippen molar-refractivity contribution in [2.75, 3.05) is 32.8 Å². The van der Waals surface area contributed by atoms with Gasteiger partial charge in [-0.15, -0.1) is 0 Å². The van der Waals surface area contributed by atoms with Crippen LogP contribution in [0.15, 0.2) is 35.1 Å². The maximum absolute atomic E-state index is 12.4. The SMILES string of the molecule is Cc1cc(=O)n(CCC(=O)NC[C@@H](C)N2CCOCC2)c2ccccc12. The highest BCUT2D eigenvalue weighted by Crippen LogP contribution is 2.16. The van der Waals surface area contributed by atoms with Crippen LogP contribution in [0.1, 0.15) is 18.9 Å². The lowest BCUT2D eigenvalue weighted by Gasteiger charge is -2.32. The van der Waals surface area contributed by atoms with Crippen molar-refractivity contribution in [3.8, 4) is 0 Å². The molecule has 0 bridgehead atoms. The standard InChI is InChI=1S/C20H27N3O3/c1-15-13-20(25)23(18-6-4-3-5-17(15)18)8-7-19(24)21-14-16(2)22-9-11-26-12-10-22/h3-6,13,16H,7-12,14H2,1-2H3,(H,21,24)/t16-/m1/s1. The molecule has 1 aromatic heterocycles. The smallest absolute Gasteiger partial charge is 0.251 e. The van der Waals surface area contributed by atoms with Crippen LogP contribution in [0.2, 0.25) is 0 Å². The molecular weight excluding hydrogens is 330 g/mol. The predicted octanol–water partition coefficient (Wildman–Crippen LogP) is 1.54. The van der Waals surface area contributed by atoms with E-state index in [-0.39, 0.29) is 17.5 Å². The van der Waals surface area contributed by atoms with Gasteiger partial charge in [0.15, 0.2) is 0 Å². The number of ether oxygens (including phenoxy) is 1. The molecule has 6 heteroatoms. The molecule has 1 aliphatic rings. The number of amides is 1. The number of benzene rings is 1. The van der Waals surface area contributed by atoms with E-state index >= 15 is 0 Å². The molecule has 1 aliphatic heterocycles. The second-order valence-electron chi connectivity index (χ2n) is 6.89. The zero-order valence-electron chi connectivity index (χ0n) is 15.5. The Bertz CT molecular complexity index is 825.